The van der Waals surface area contributed by atoms with Crippen LogP contribution in [0.25, 0.3) is 0 Å². The first-order valence-corrected chi connectivity index (χ1v) is 7.07. The maximum atomic E-state index is 14.4. The second kappa shape index (κ2) is 5.17. The predicted molar refractivity (Wildman–Crippen MR) is 71.0 cm³/mol. The maximum Gasteiger partial charge on any atom is 0.133 e. The van der Waals surface area contributed by atoms with Crippen LogP contribution in [0.1, 0.15) is 30.0 Å². The fraction of sp³-hybridized carbons (Fsp3) is 0.600. The van der Waals surface area contributed by atoms with Crippen molar-refractivity contribution in [3.8, 4) is 0 Å². The molecule has 4 heteroatoms. The van der Waals surface area contributed by atoms with Crippen LogP contribution in [0.4, 0.5) is 8.78 Å². The highest BCUT2D eigenvalue weighted by Gasteiger charge is 2.39. The summed E-state index contributed by atoms with van der Waals surface area (Å²) in [5.41, 5.74) is 0.835. The lowest BCUT2D eigenvalue weighted by molar-refractivity contribution is 0.149. The first-order chi connectivity index (χ1) is 9.18. The summed E-state index contributed by atoms with van der Waals surface area (Å²) in [6.45, 7) is 5.25. The number of hydrogen-bond donors (Lipinski definition) is 1. The summed E-state index contributed by atoms with van der Waals surface area (Å²) in [4.78, 5) is 2.25. The van der Waals surface area contributed by atoms with Crippen molar-refractivity contribution in [3.05, 3.63) is 34.9 Å². The minimum atomic E-state index is -0.390. The number of aryl methyl sites for hydroxylation is 1. The van der Waals surface area contributed by atoms with Gasteiger partial charge in [0.05, 0.1) is 0 Å². The Morgan fingerprint density at radius 1 is 1.21 bits per heavy atom. The van der Waals surface area contributed by atoms with Gasteiger partial charge in [0.1, 0.15) is 11.6 Å². The summed E-state index contributed by atoms with van der Waals surface area (Å²) in [5.74, 6) is -0.321. The molecule has 2 fully saturated rings. The lowest BCUT2D eigenvalue weighted by atomic mass is 9.96. The number of halogens is 2. The van der Waals surface area contributed by atoms with Gasteiger partial charge in [-0.05, 0) is 37.3 Å². The molecular weight excluding hydrogens is 246 g/mol. The molecule has 0 radical (unpaired) electrons. The average Bonchev–Trinajstić information content (AvgIpc) is 3.24. The van der Waals surface area contributed by atoms with E-state index in [1.807, 2.05) is 0 Å². The van der Waals surface area contributed by atoms with Crippen LogP contribution < -0.4 is 5.32 Å². The number of rotatable bonds is 3. The SMILES string of the molecule is Cc1ccc(F)c([C@H](C2CC2)N2CCNCC2)c1F. The molecule has 3 rings (SSSR count). The fourth-order valence-corrected chi connectivity index (χ4v) is 3.04. The van der Waals surface area contributed by atoms with Crippen LogP contribution >= 0.6 is 0 Å². The first-order valence-electron chi connectivity index (χ1n) is 7.07. The Morgan fingerprint density at radius 2 is 1.89 bits per heavy atom. The van der Waals surface area contributed by atoms with Crippen molar-refractivity contribution in [2.24, 2.45) is 5.92 Å². The molecule has 1 aliphatic carbocycles. The number of benzene rings is 1. The van der Waals surface area contributed by atoms with Gasteiger partial charge in [0.2, 0.25) is 0 Å². The van der Waals surface area contributed by atoms with Crippen molar-refractivity contribution >= 4 is 0 Å². The van der Waals surface area contributed by atoms with Gasteiger partial charge in [-0.3, -0.25) is 4.90 Å². The summed E-state index contributed by atoms with van der Waals surface area (Å²) >= 11 is 0. The Bertz CT molecular complexity index is 465. The van der Waals surface area contributed by atoms with Gasteiger partial charge < -0.3 is 5.32 Å². The van der Waals surface area contributed by atoms with Crippen molar-refractivity contribution < 1.29 is 8.78 Å². The lowest BCUT2D eigenvalue weighted by Crippen LogP contribution is -2.46. The highest BCUT2D eigenvalue weighted by Crippen LogP contribution is 2.46. The van der Waals surface area contributed by atoms with E-state index in [1.165, 1.54) is 12.1 Å². The van der Waals surface area contributed by atoms with Crippen molar-refractivity contribution in [1.29, 1.82) is 0 Å². The third-order valence-corrected chi connectivity index (χ3v) is 4.23. The zero-order chi connectivity index (χ0) is 13.4. The van der Waals surface area contributed by atoms with E-state index in [0.717, 1.165) is 39.0 Å². The molecule has 1 aliphatic heterocycles. The standard InChI is InChI=1S/C15H20F2N2/c1-10-2-5-12(16)13(14(10)17)15(11-3-4-11)19-8-6-18-7-9-19/h2,5,11,15,18H,3-4,6-9H2,1H3/t15-/m0/s1. The molecule has 1 aromatic rings. The molecule has 0 amide bonds. The van der Waals surface area contributed by atoms with Gasteiger partial charge in [-0.1, -0.05) is 6.07 Å². The third kappa shape index (κ3) is 2.51. The molecule has 1 atom stereocenters. The van der Waals surface area contributed by atoms with Crippen LogP contribution in [0.3, 0.4) is 0 Å². The normalized spacial score (nSPS) is 22.5. The van der Waals surface area contributed by atoms with Crippen LogP contribution in [-0.4, -0.2) is 31.1 Å². The quantitative estimate of drug-likeness (QED) is 0.904. The van der Waals surface area contributed by atoms with Gasteiger partial charge in [0.25, 0.3) is 0 Å². The van der Waals surface area contributed by atoms with E-state index in [2.05, 4.69) is 10.2 Å². The Labute approximate surface area is 112 Å². The van der Waals surface area contributed by atoms with Gasteiger partial charge in [0, 0.05) is 37.8 Å². The molecule has 104 valence electrons. The highest BCUT2D eigenvalue weighted by molar-refractivity contribution is 5.30. The summed E-state index contributed by atoms with van der Waals surface area (Å²) in [7, 11) is 0. The molecule has 1 saturated heterocycles. The van der Waals surface area contributed by atoms with E-state index in [9.17, 15) is 8.78 Å². The smallest absolute Gasteiger partial charge is 0.133 e. The number of nitrogens with one attached hydrogen (secondary N) is 1. The molecule has 0 spiro atoms. The predicted octanol–water partition coefficient (Wildman–Crippen LogP) is 2.63. The van der Waals surface area contributed by atoms with E-state index in [-0.39, 0.29) is 11.9 Å². The number of nitrogens with zero attached hydrogens (tertiary/aromatic N) is 1. The molecule has 1 saturated carbocycles. The van der Waals surface area contributed by atoms with Crippen LogP contribution in [0.5, 0.6) is 0 Å². The average molecular weight is 266 g/mol. The second-order valence-corrected chi connectivity index (χ2v) is 5.66. The van der Waals surface area contributed by atoms with E-state index in [4.69, 9.17) is 0 Å². The van der Waals surface area contributed by atoms with E-state index < -0.39 is 5.82 Å². The summed E-state index contributed by atoms with van der Waals surface area (Å²) in [6, 6.07) is 2.85. The van der Waals surface area contributed by atoms with Crippen molar-refractivity contribution in [1.82, 2.24) is 10.2 Å². The van der Waals surface area contributed by atoms with Crippen LogP contribution in [-0.2, 0) is 0 Å². The molecule has 2 nitrogen and oxygen atoms in total. The number of piperazine rings is 1. The molecule has 1 heterocycles. The molecule has 0 bridgehead atoms. The Balaban J connectivity index is 1.97. The molecule has 2 aliphatic rings. The Hall–Kier alpha value is -1.00. The molecular formula is C15H20F2N2. The zero-order valence-corrected chi connectivity index (χ0v) is 11.3. The van der Waals surface area contributed by atoms with Crippen LogP contribution in [0.15, 0.2) is 12.1 Å². The van der Waals surface area contributed by atoms with Gasteiger partial charge in [-0.2, -0.15) is 0 Å². The summed E-state index contributed by atoms with van der Waals surface area (Å²) < 4.78 is 28.5. The van der Waals surface area contributed by atoms with Gasteiger partial charge in [-0.15, -0.1) is 0 Å². The van der Waals surface area contributed by atoms with Gasteiger partial charge >= 0.3 is 0 Å². The Kier molecular flexibility index (Phi) is 3.54. The van der Waals surface area contributed by atoms with Crippen LogP contribution in [0.2, 0.25) is 0 Å². The molecule has 19 heavy (non-hydrogen) atoms. The largest absolute Gasteiger partial charge is 0.314 e. The summed E-state index contributed by atoms with van der Waals surface area (Å²) in [6.07, 6.45) is 2.17. The molecule has 0 unspecified atom stereocenters. The van der Waals surface area contributed by atoms with Crippen molar-refractivity contribution in [2.45, 2.75) is 25.8 Å². The fourth-order valence-electron chi connectivity index (χ4n) is 3.04. The monoisotopic (exact) mass is 266 g/mol. The maximum absolute atomic E-state index is 14.4. The topological polar surface area (TPSA) is 15.3 Å². The first kappa shape index (κ1) is 13.0. The van der Waals surface area contributed by atoms with Crippen LogP contribution in [0, 0.1) is 24.5 Å². The van der Waals surface area contributed by atoms with Crippen molar-refractivity contribution in [3.63, 3.8) is 0 Å². The minimum absolute atomic E-state index is 0.0815. The van der Waals surface area contributed by atoms with E-state index in [1.54, 1.807) is 6.92 Å². The van der Waals surface area contributed by atoms with E-state index in [0.29, 0.717) is 17.0 Å². The summed E-state index contributed by atoms with van der Waals surface area (Å²) in [5, 5.41) is 3.29. The number of hydrogen-bond acceptors (Lipinski definition) is 2. The zero-order valence-electron chi connectivity index (χ0n) is 11.3. The van der Waals surface area contributed by atoms with Gasteiger partial charge in [0.15, 0.2) is 0 Å². The van der Waals surface area contributed by atoms with Crippen molar-refractivity contribution in [2.75, 3.05) is 26.2 Å². The lowest BCUT2D eigenvalue weighted by Gasteiger charge is -2.36. The van der Waals surface area contributed by atoms with Gasteiger partial charge in [-0.25, -0.2) is 8.78 Å². The molecule has 1 aromatic carbocycles. The molecule has 0 aromatic heterocycles. The molecule has 1 N–H and O–H groups in total. The minimum Gasteiger partial charge on any atom is -0.314 e. The highest BCUT2D eigenvalue weighted by atomic mass is 19.1. The Morgan fingerprint density at radius 3 is 2.53 bits per heavy atom. The second-order valence-electron chi connectivity index (χ2n) is 5.66. The third-order valence-electron chi connectivity index (χ3n) is 4.23. The van der Waals surface area contributed by atoms with E-state index >= 15 is 0 Å².